The van der Waals surface area contributed by atoms with Crippen LogP contribution in [0.15, 0.2) is 17.1 Å². The molecule has 0 unspecified atom stereocenters. The van der Waals surface area contributed by atoms with Crippen molar-refractivity contribution in [3.05, 3.63) is 28.2 Å². The molecular formula is C21H26N6O3S. The standard InChI is InChI=1S/C21H26N6O3S/c1-31(29,30)26-6-4-17(5-7-26)24-21-23-12-16-10-15(11-22)20(28)27(19(16)25-21)18-9-13-2-3-14(18)8-13/h10,12-14,17-18H,2-9H2,1H3,(H,23,24,25)/t13-,14+,18+/m1/s1. The lowest BCUT2D eigenvalue weighted by molar-refractivity contribution is 0.328. The van der Waals surface area contributed by atoms with Crippen molar-refractivity contribution in [1.29, 1.82) is 5.26 Å². The first-order valence-electron chi connectivity index (χ1n) is 10.9. The molecule has 3 heterocycles. The molecule has 1 saturated heterocycles. The molecule has 2 saturated carbocycles. The fraction of sp³-hybridized carbons (Fsp3) is 0.619. The highest BCUT2D eigenvalue weighted by atomic mass is 32.2. The maximum absolute atomic E-state index is 13.1. The molecular weight excluding hydrogens is 416 g/mol. The molecule has 5 rings (SSSR count). The first kappa shape index (κ1) is 20.4. The second-order valence-electron chi connectivity index (χ2n) is 9.14. The molecule has 1 aliphatic heterocycles. The van der Waals surface area contributed by atoms with E-state index in [0.717, 1.165) is 19.3 Å². The smallest absolute Gasteiger partial charge is 0.270 e. The summed E-state index contributed by atoms with van der Waals surface area (Å²) in [5.74, 6) is 1.56. The Morgan fingerprint density at radius 1 is 1.19 bits per heavy atom. The number of rotatable bonds is 4. The topological polar surface area (TPSA) is 121 Å². The maximum atomic E-state index is 13.1. The quantitative estimate of drug-likeness (QED) is 0.767. The van der Waals surface area contributed by atoms with Crippen LogP contribution in [0.4, 0.5) is 5.95 Å². The summed E-state index contributed by atoms with van der Waals surface area (Å²) in [5.41, 5.74) is 0.444. The third-order valence-corrected chi connectivity index (χ3v) is 8.49. The van der Waals surface area contributed by atoms with E-state index in [1.54, 1.807) is 16.8 Å². The van der Waals surface area contributed by atoms with Gasteiger partial charge in [-0.3, -0.25) is 9.36 Å². The molecule has 3 aliphatic rings. The summed E-state index contributed by atoms with van der Waals surface area (Å²) in [6.07, 6.45) is 8.69. The lowest BCUT2D eigenvalue weighted by atomic mass is 9.94. The minimum Gasteiger partial charge on any atom is -0.351 e. The van der Waals surface area contributed by atoms with Gasteiger partial charge in [-0.25, -0.2) is 17.7 Å². The average molecular weight is 443 g/mol. The molecule has 2 aliphatic carbocycles. The van der Waals surface area contributed by atoms with E-state index >= 15 is 0 Å². The number of hydrogen-bond donors (Lipinski definition) is 1. The van der Waals surface area contributed by atoms with Crippen LogP contribution in [0.1, 0.15) is 50.1 Å². The third kappa shape index (κ3) is 3.70. The van der Waals surface area contributed by atoms with Crippen LogP contribution in [-0.2, 0) is 10.0 Å². The fourth-order valence-corrected chi connectivity index (χ4v) is 6.49. The van der Waals surface area contributed by atoms with Crippen molar-refractivity contribution < 1.29 is 8.42 Å². The van der Waals surface area contributed by atoms with Crippen molar-refractivity contribution in [2.24, 2.45) is 11.8 Å². The zero-order valence-electron chi connectivity index (χ0n) is 17.5. The van der Waals surface area contributed by atoms with Crippen LogP contribution < -0.4 is 10.9 Å². The van der Waals surface area contributed by atoms with Gasteiger partial charge in [0.1, 0.15) is 17.3 Å². The predicted octanol–water partition coefficient (Wildman–Crippen LogP) is 1.86. The lowest BCUT2D eigenvalue weighted by Crippen LogP contribution is -2.42. The van der Waals surface area contributed by atoms with Gasteiger partial charge in [-0.05, 0) is 50.0 Å². The zero-order valence-corrected chi connectivity index (χ0v) is 18.3. The van der Waals surface area contributed by atoms with E-state index in [0.29, 0.717) is 54.7 Å². The molecule has 3 fully saturated rings. The summed E-state index contributed by atoms with van der Waals surface area (Å²) in [5, 5.41) is 13.5. The molecule has 164 valence electrons. The van der Waals surface area contributed by atoms with Gasteiger partial charge < -0.3 is 5.32 Å². The normalized spacial score (nSPS) is 26.9. The summed E-state index contributed by atoms with van der Waals surface area (Å²) in [6.45, 7) is 0.928. The van der Waals surface area contributed by atoms with Crippen molar-refractivity contribution in [1.82, 2.24) is 18.8 Å². The number of fused-ring (bicyclic) bond motifs is 3. The first-order valence-corrected chi connectivity index (χ1v) is 12.7. The highest BCUT2D eigenvalue weighted by molar-refractivity contribution is 7.88. The number of piperidine rings is 1. The zero-order chi connectivity index (χ0) is 21.8. The van der Waals surface area contributed by atoms with E-state index in [9.17, 15) is 18.5 Å². The van der Waals surface area contributed by atoms with Gasteiger partial charge in [-0.1, -0.05) is 6.42 Å². The Bertz CT molecular complexity index is 1230. The lowest BCUT2D eigenvalue weighted by Gasteiger charge is -2.30. The van der Waals surface area contributed by atoms with Crippen LogP contribution in [0, 0.1) is 23.2 Å². The Morgan fingerprint density at radius 2 is 1.97 bits per heavy atom. The number of sulfonamides is 1. The molecule has 31 heavy (non-hydrogen) atoms. The van der Waals surface area contributed by atoms with Gasteiger partial charge in [0.2, 0.25) is 16.0 Å². The highest BCUT2D eigenvalue weighted by Gasteiger charge is 2.41. The second kappa shape index (κ2) is 7.57. The van der Waals surface area contributed by atoms with Crippen LogP contribution >= 0.6 is 0 Å². The molecule has 2 bridgehead atoms. The molecule has 3 atom stereocenters. The summed E-state index contributed by atoms with van der Waals surface area (Å²) >= 11 is 0. The van der Waals surface area contributed by atoms with Crippen LogP contribution in [0.5, 0.6) is 0 Å². The van der Waals surface area contributed by atoms with Crippen molar-refractivity contribution in [2.75, 3.05) is 24.7 Å². The average Bonchev–Trinajstić information content (AvgIpc) is 3.37. The fourth-order valence-electron chi connectivity index (χ4n) is 5.62. The Kier molecular flexibility index (Phi) is 4.98. The molecule has 1 N–H and O–H groups in total. The number of nitrogens with one attached hydrogen (secondary N) is 1. The number of nitrogens with zero attached hydrogens (tertiary/aromatic N) is 5. The molecule has 0 spiro atoms. The van der Waals surface area contributed by atoms with E-state index in [1.165, 1.54) is 17.0 Å². The van der Waals surface area contributed by atoms with Crippen LogP contribution in [0.3, 0.4) is 0 Å². The minimum atomic E-state index is -3.17. The number of anilines is 1. The van der Waals surface area contributed by atoms with E-state index in [-0.39, 0.29) is 23.2 Å². The number of hydrogen-bond acceptors (Lipinski definition) is 7. The Morgan fingerprint density at radius 3 is 2.58 bits per heavy atom. The van der Waals surface area contributed by atoms with Gasteiger partial charge in [0.05, 0.1) is 6.26 Å². The molecule has 9 nitrogen and oxygen atoms in total. The molecule has 0 aromatic carbocycles. The van der Waals surface area contributed by atoms with Gasteiger partial charge in [0.15, 0.2) is 0 Å². The van der Waals surface area contributed by atoms with Gasteiger partial charge in [-0.2, -0.15) is 10.2 Å². The Labute approximate surface area is 181 Å². The Hall–Kier alpha value is -2.51. The third-order valence-electron chi connectivity index (χ3n) is 7.18. The van der Waals surface area contributed by atoms with Crippen molar-refractivity contribution in [2.45, 2.75) is 50.6 Å². The van der Waals surface area contributed by atoms with Gasteiger partial charge in [0.25, 0.3) is 5.56 Å². The monoisotopic (exact) mass is 442 g/mol. The predicted molar refractivity (Wildman–Crippen MR) is 116 cm³/mol. The van der Waals surface area contributed by atoms with E-state index in [4.69, 9.17) is 4.98 Å². The maximum Gasteiger partial charge on any atom is 0.270 e. The Balaban J connectivity index is 1.46. The summed E-state index contributed by atoms with van der Waals surface area (Å²) in [6, 6.07) is 3.76. The van der Waals surface area contributed by atoms with Crippen molar-refractivity contribution in [3.63, 3.8) is 0 Å². The van der Waals surface area contributed by atoms with Crippen LogP contribution in [-0.4, -0.2) is 52.6 Å². The van der Waals surface area contributed by atoms with Crippen LogP contribution in [0.2, 0.25) is 0 Å². The number of pyridine rings is 1. The van der Waals surface area contributed by atoms with E-state index < -0.39 is 10.0 Å². The molecule has 2 aromatic heterocycles. The van der Waals surface area contributed by atoms with Crippen molar-refractivity contribution >= 4 is 27.0 Å². The van der Waals surface area contributed by atoms with E-state index in [1.807, 2.05) is 6.07 Å². The van der Waals surface area contributed by atoms with Crippen LogP contribution in [0.25, 0.3) is 11.0 Å². The van der Waals surface area contributed by atoms with E-state index in [2.05, 4.69) is 10.3 Å². The van der Waals surface area contributed by atoms with Crippen molar-refractivity contribution in [3.8, 4) is 6.07 Å². The largest absolute Gasteiger partial charge is 0.351 e. The SMILES string of the molecule is CS(=O)(=O)N1CCC(Nc2ncc3cc(C#N)c(=O)n([C@H]4C[C@@H]5CC[C@H]4C5)c3n2)CC1. The van der Waals surface area contributed by atoms with Gasteiger partial charge in [0, 0.05) is 36.8 Å². The number of nitriles is 1. The first-order chi connectivity index (χ1) is 14.8. The minimum absolute atomic E-state index is 0.0662. The molecule has 0 radical (unpaired) electrons. The summed E-state index contributed by atoms with van der Waals surface area (Å²) < 4.78 is 26.7. The molecule has 2 aromatic rings. The number of aromatic nitrogens is 3. The molecule has 10 heteroatoms. The molecule has 0 amide bonds. The second-order valence-corrected chi connectivity index (χ2v) is 11.1. The highest BCUT2D eigenvalue weighted by Crippen LogP contribution is 2.50. The summed E-state index contributed by atoms with van der Waals surface area (Å²) in [7, 11) is -3.17. The summed E-state index contributed by atoms with van der Waals surface area (Å²) in [4.78, 5) is 22.2. The van der Waals surface area contributed by atoms with Gasteiger partial charge >= 0.3 is 0 Å². The van der Waals surface area contributed by atoms with Gasteiger partial charge in [-0.15, -0.1) is 0 Å².